The molecule has 1 aromatic carbocycles. The number of halogens is 6. The van der Waals surface area contributed by atoms with Crippen molar-refractivity contribution in [3.8, 4) is 23.1 Å². The highest BCUT2D eigenvalue weighted by atomic mass is 35.5. The molecule has 2 fully saturated rings. The zero-order chi connectivity index (χ0) is 29.4. The van der Waals surface area contributed by atoms with Gasteiger partial charge >= 0.3 is 12.2 Å². The first-order valence-corrected chi connectivity index (χ1v) is 13.7. The molecule has 3 aliphatic heterocycles. The third kappa shape index (κ3) is 4.57. The molecule has 2 saturated heterocycles. The van der Waals surface area contributed by atoms with Crippen LogP contribution in [-0.4, -0.2) is 70.5 Å². The predicted molar refractivity (Wildman–Crippen MR) is 144 cm³/mol. The zero-order valence-corrected chi connectivity index (χ0v) is 23.3. The topological polar surface area (TPSA) is 89.6 Å². The van der Waals surface area contributed by atoms with Crippen LogP contribution in [0.5, 0.6) is 11.9 Å². The lowest BCUT2D eigenvalue weighted by Gasteiger charge is -2.31. The first-order chi connectivity index (χ1) is 19.3. The molecular weight excluding hydrogens is 571 g/mol. The van der Waals surface area contributed by atoms with Gasteiger partial charge in [-0.05, 0) is 45.4 Å². The summed E-state index contributed by atoms with van der Waals surface area (Å²) in [5.41, 5.74) is 2.25. The monoisotopic (exact) mass is 598 g/mol. The molecule has 0 radical (unpaired) electrons. The summed E-state index contributed by atoms with van der Waals surface area (Å²) in [4.78, 5) is 16.9. The van der Waals surface area contributed by atoms with E-state index >= 15 is 4.39 Å². The van der Waals surface area contributed by atoms with Crippen LogP contribution in [-0.2, 0) is 6.18 Å². The molecular formula is C27H28ClF5N6O2. The third-order valence-corrected chi connectivity index (χ3v) is 8.81. The van der Waals surface area contributed by atoms with E-state index in [4.69, 9.17) is 26.8 Å². The standard InChI is InChI=1S/C27H28ClF5N6O2/c1-12-13(2)41-24-18-22(20(30)21(35-24)16-7-15(34)8-17(28)19(16)27(31,32)33)36-25(37-23(18)38(12)3)40-11-26-5-4-6-39(26)10-14(29)9-26/h7-8,12-14H,4-6,9-11,34H2,1-3H3/t12?,13?,14-,26+/m1/s1. The molecule has 2 aromatic heterocycles. The quantitative estimate of drug-likeness (QED) is 0.305. The molecule has 4 atom stereocenters. The number of aromatic nitrogens is 3. The van der Waals surface area contributed by atoms with Crippen LogP contribution in [0.3, 0.4) is 0 Å². The minimum Gasteiger partial charge on any atom is -0.472 e. The Kier molecular flexibility index (Phi) is 6.60. The Morgan fingerprint density at radius 1 is 1.22 bits per heavy atom. The van der Waals surface area contributed by atoms with E-state index in [9.17, 15) is 17.6 Å². The summed E-state index contributed by atoms with van der Waals surface area (Å²) >= 11 is 5.96. The van der Waals surface area contributed by atoms with Crippen molar-refractivity contribution in [1.82, 2.24) is 19.9 Å². The van der Waals surface area contributed by atoms with Crippen LogP contribution in [0.4, 0.5) is 33.5 Å². The van der Waals surface area contributed by atoms with Crippen LogP contribution in [0.25, 0.3) is 22.2 Å². The van der Waals surface area contributed by atoms with Crippen LogP contribution in [0, 0.1) is 5.82 Å². The first-order valence-electron chi connectivity index (χ1n) is 13.3. The minimum atomic E-state index is -4.94. The molecule has 220 valence electrons. The van der Waals surface area contributed by atoms with Crippen LogP contribution < -0.4 is 20.1 Å². The number of anilines is 2. The number of nitrogens with two attached hydrogens (primary N) is 1. The van der Waals surface area contributed by atoms with Gasteiger partial charge in [-0.1, -0.05) is 11.6 Å². The van der Waals surface area contributed by atoms with Gasteiger partial charge in [-0.25, -0.2) is 13.8 Å². The molecule has 3 aliphatic rings. The van der Waals surface area contributed by atoms with Gasteiger partial charge < -0.3 is 20.1 Å². The Morgan fingerprint density at radius 2 is 1.98 bits per heavy atom. The van der Waals surface area contributed by atoms with Crippen molar-refractivity contribution in [2.45, 2.75) is 63.1 Å². The number of fused-ring (bicyclic) bond motifs is 1. The number of nitrogen functional groups attached to an aromatic ring is 1. The zero-order valence-electron chi connectivity index (χ0n) is 22.5. The molecule has 0 bridgehead atoms. The molecule has 14 heteroatoms. The van der Waals surface area contributed by atoms with Gasteiger partial charge in [0.1, 0.15) is 41.3 Å². The summed E-state index contributed by atoms with van der Waals surface area (Å²) in [6.07, 6.45) is -4.49. The van der Waals surface area contributed by atoms with E-state index in [1.165, 1.54) is 0 Å². The predicted octanol–water partition coefficient (Wildman–Crippen LogP) is 5.65. The molecule has 2 N–H and O–H groups in total. The molecule has 0 aliphatic carbocycles. The van der Waals surface area contributed by atoms with E-state index in [1.54, 1.807) is 18.9 Å². The molecule has 6 rings (SSSR count). The number of hydrogen-bond acceptors (Lipinski definition) is 8. The van der Waals surface area contributed by atoms with Gasteiger partial charge in [0, 0.05) is 31.3 Å². The van der Waals surface area contributed by atoms with Gasteiger partial charge in [0.05, 0.1) is 22.2 Å². The highest BCUT2D eigenvalue weighted by molar-refractivity contribution is 6.32. The van der Waals surface area contributed by atoms with Gasteiger partial charge in [-0.2, -0.15) is 23.1 Å². The maximum absolute atomic E-state index is 16.4. The Labute approximate surface area is 237 Å². The number of pyridine rings is 1. The van der Waals surface area contributed by atoms with Gasteiger partial charge in [-0.15, -0.1) is 0 Å². The van der Waals surface area contributed by atoms with Crippen molar-refractivity contribution in [3.05, 3.63) is 28.5 Å². The van der Waals surface area contributed by atoms with Crippen molar-refractivity contribution in [3.63, 3.8) is 0 Å². The molecule has 0 saturated carbocycles. The van der Waals surface area contributed by atoms with E-state index in [2.05, 4.69) is 19.9 Å². The summed E-state index contributed by atoms with van der Waals surface area (Å²) in [7, 11) is 1.73. The van der Waals surface area contributed by atoms with Crippen molar-refractivity contribution >= 4 is 34.0 Å². The van der Waals surface area contributed by atoms with E-state index in [-0.39, 0.29) is 46.9 Å². The van der Waals surface area contributed by atoms with Crippen LogP contribution in [0.1, 0.15) is 38.7 Å². The van der Waals surface area contributed by atoms with Crippen molar-refractivity contribution < 1.29 is 31.4 Å². The largest absolute Gasteiger partial charge is 0.472 e. The molecule has 5 heterocycles. The fourth-order valence-electron chi connectivity index (χ4n) is 6.22. The van der Waals surface area contributed by atoms with Crippen LogP contribution >= 0.6 is 11.6 Å². The highest BCUT2D eigenvalue weighted by Crippen LogP contribution is 2.47. The highest BCUT2D eigenvalue weighted by Gasteiger charge is 2.49. The lowest BCUT2D eigenvalue weighted by Crippen LogP contribution is -2.43. The van der Waals surface area contributed by atoms with Gasteiger partial charge in [-0.3, -0.25) is 4.90 Å². The number of benzene rings is 1. The fourth-order valence-corrected chi connectivity index (χ4v) is 6.55. The number of hydrogen-bond donors (Lipinski definition) is 1. The Bertz CT molecular complexity index is 1540. The molecule has 3 aromatic rings. The van der Waals surface area contributed by atoms with Gasteiger partial charge in [0.25, 0.3) is 0 Å². The normalized spacial score (nSPS) is 26.3. The maximum atomic E-state index is 16.4. The number of likely N-dealkylation sites (N-methyl/N-ethyl adjacent to an activating group) is 1. The SMILES string of the molecule is CC1Oc2nc(-c3cc(N)cc(Cl)c3C(F)(F)F)c(F)c3nc(OC[C@@]45CCCN4C[C@H](F)C5)nc(c23)N(C)C1C. The summed E-state index contributed by atoms with van der Waals surface area (Å²) in [5.74, 6) is -1.04. The first kappa shape index (κ1) is 28.0. The average Bonchev–Trinajstić information content (AvgIpc) is 3.39. The lowest BCUT2D eigenvalue weighted by molar-refractivity contribution is -0.137. The molecule has 0 amide bonds. The second-order valence-electron chi connectivity index (χ2n) is 11.1. The van der Waals surface area contributed by atoms with Gasteiger partial charge in [0.2, 0.25) is 5.88 Å². The number of ether oxygens (including phenoxy) is 2. The second kappa shape index (κ2) is 9.69. The summed E-state index contributed by atoms with van der Waals surface area (Å²) in [6.45, 7) is 4.77. The van der Waals surface area contributed by atoms with Crippen molar-refractivity contribution in [2.75, 3.05) is 37.4 Å². The van der Waals surface area contributed by atoms with Crippen molar-refractivity contribution in [2.24, 2.45) is 0 Å². The molecule has 2 unspecified atom stereocenters. The summed E-state index contributed by atoms with van der Waals surface area (Å²) < 4.78 is 85.1. The van der Waals surface area contributed by atoms with E-state index in [1.807, 2.05) is 6.92 Å². The second-order valence-corrected chi connectivity index (χ2v) is 11.5. The number of rotatable bonds is 4. The lowest BCUT2D eigenvalue weighted by atomic mass is 9.95. The third-order valence-electron chi connectivity index (χ3n) is 8.52. The van der Waals surface area contributed by atoms with Crippen molar-refractivity contribution in [1.29, 1.82) is 0 Å². The fraction of sp³-hybridized carbons (Fsp3) is 0.519. The minimum absolute atomic E-state index is 0.0833. The molecule has 41 heavy (non-hydrogen) atoms. The molecule has 0 spiro atoms. The summed E-state index contributed by atoms with van der Waals surface area (Å²) in [5, 5.41) is -0.607. The Balaban J connectivity index is 1.54. The number of alkyl halides is 4. The number of nitrogens with zero attached hydrogens (tertiary/aromatic N) is 5. The summed E-state index contributed by atoms with van der Waals surface area (Å²) in [6, 6.07) is 1.43. The van der Waals surface area contributed by atoms with Crippen LogP contribution in [0.15, 0.2) is 12.1 Å². The molecule has 8 nitrogen and oxygen atoms in total. The van der Waals surface area contributed by atoms with E-state index in [0.29, 0.717) is 13.0 Å². The van der Waals surface area contributed by atoms with Crippen LogP contribution in [0.2, 0.25) is 5.02 Å². The average molecular weight is 599 g/mol. The van der Waals surface area contributed by atoms with E-state index < -0.39 is 51.7 Å². The maximum Gasteiger partial charge on any atom is 0.418 e. The smallest absolute Gasteiger partial charge is 0.418 e. The van der Waals surface area contributed by atoms with E-state index in [0.717, 1.165) is 31.5 Å². The Morgan fingerprint density at radius 3 is 2.71 bits per heavy atom. The van der Waals surface area contributed by atoms with Gasteiger partial charge in [0.15, 0.2) is 5.82 Å². The Hall–Kier alpha value is -3.19.